The van der Waals surface area contributed by atoms with E-state index in [2.05, 4.69) is 10.6 Å². The molecule has 0 saturated heterocycles. The lowest BCUT2D eigenvalue weighted by Crippen LogP contribution is -2.12. The molecule has 2 N–H and O–H groups in total. The number of amides is 1. The highest BCUT2D eigenvalue weighted by Crippen LogP contribution is 2.36. The minimum Gasteiger partial charge on any atom is -0.462 e. The Morgan fingerprint density at radius 2 is 1.57 bits per heavy atom. The van der Waals surface area contributed by atoms with Crippen molar-refractivity contribution in [2.24, 2.45) is 0 Å². The second-order valence-electron chi connectivity index (χ2n) is 6.39. The third-order valence-electron chi connectivity index (χ3n) is 4.08. The van der Waals surface area contributed by atoms with Gasteiger partial charge in [-0.1, -0.05) is 35.4 Å². The summed E-state index contributed by atoms with van der Waals surface area (Å²) < 4.78 is 5.10. The summed E-state index contributed by atoms with van der Waals surface area (Å²) >= 11 is 1.25. The highest BCUT2D eigenvalue weighted by atomic mass is 32.1. The summed E-state index contributed by atoms with van der Waals surface area (Å²) in [4.78, 5) is 25.2. The average molecular weight is 394 g/mol. The van der Waals surface area contributed by atoms with Gasteiger partial charge in [0.2, 0.25) is 0 Å². The van der Waals surface area contributed by atoms with E-state index in [-0.39, 0.29) is 5.91 Å². The second-order valence-corrected chi connectivity index (χ2v) is 7.44. The van der Waals surface area contributed by atoms with Gasteiger partial charge in [-0.2, -0.15) is 0 Å². The van der Waals surface area contributed by atoms with Crippen LogP contribution in [0.1, 0.15) is 38.1 Å². The van der Waals surface area contributed by atoms with Gasteiger partial charge in [0.1, 0.15) is 9.88 Å². The first-order valence-corrected chi connectivity index (χ1v) is 9.80. The molecule has 1 amide bonds. The number of hydrogen-bond donors (Lipinski definition) is 2. The molecular formula is C22H22N2O3S. The zero-order chi connectivity index (χ0) is 20.1. The largest absolute Gasteiger partial charge is 0.462 e. The third-order valence-corrected chi connectivity index (χ3v) is 5.11. The Hall–Kier alpha value is -3.12. The van der Waals surface area contributed by atoms with Crippen molar-refractivity contribution in [1.82, 2.24) is 0 Å². The molecule has 6 heteroatoms. The van der Waals surface area contributed by atoms with Crippen molar-refractivity contribution in [3.63, 3.8) is 0 Å². The third kappa shape index (κ3) is 4.78. The molecule has 0 saturated carbocycles. The van der Waals surface area contributed by atoms with Gasteiger partial charge < -0.3 is 15.4 Å². The maximum Gasteiger partial charge on any atom is 0.348 e. The first-order chi connectivity index (χ1) is 13.5. The van der Waals surface area contributed by atoms with Crippen LogP contribution in [-0.2, 0) is 4.74 Å². The second kappa shape index (κ2) is 8.71. The van der Waals surface area contributed by atoms with E-state index >= 15 is 0 Å². The molecule has 5 nitrogen and oxygen atoms in total. The number of nitrogens with one attached hydrogen (secondary N) is 2. The first kappa shape index (κ1) is 19.6. The summed E-state index contributed by atoms with van der Waals surface area (Å²) in [6, 6.07) is 16.9. The molecule has 0 aliphatic carbocycles. The summed E-state index contributed by atoms with van der Waals surface area (Å²) in [6.07, 6.45) is 0. The van der Waals surface area contributed by atoms with Crippen molar-refractivity contribution in [1.29, 1.82) is 0 Å². The maximum atomic E-state index is 12.6. The molecule has 144 valence electrons. The summed E-state index contributed by atoms with van der Waals surface area (Å²) in [5.41, 5.74) is 4.19. The van der Waals surface area contributed by atoms with E-state index in [9.17, 15) is 9.59 Å². The van der Waals surface area contributed by atoms with Gasteiger partial charge in [-0.15, -0.1) is 11.3 Å². The molecule has 1 heterocycles. The Morgan fingerprint density at radius 3 is 2.18 bits per heavy atom. The van der Waals surface area contributed by atoms with Crippen LogP contribution >= 0.6 is 11.3 Å². The van der Waals surface area contributed by atoms with Crippen molar-refractivity contribution in [2.45, 2.75) is 20.8 Å². The first-order valence-electron chi connectivity index (χ1n) is 8.99. The molecule has 0 fully saturated rings. The minimum atomic E-state index is -0.407. The van der Waals surface area contributed by atoms with Crippen LogP contribution < -0.4 is 10.6 Å². The summed E-state index contributed by atoms with van der Waals surface area (Å²) in [7, 11) is 0. The number of carbonyl (C=O) groups excluding carboxylic acids is 2. The van der Waals surface area contributed by atoms with Gasteiger partial charge in [-0.25, -0.2) is 4.79 Å². The van der Waals surface area contributed by atoms with E-state index in [1.807, 2.05) is 50.2 Å². The van der Waals surface area contributed by atoms with Crippen LogP contribution in [0.5, 0.6) is 0 Å². The zero-order valence-electron chi connectivity index (χ0n) is 16.0. The Balaban J connectivity index is 1.88. The van der Waals surface area contributed by atoms with Crippen LogP contribution in [0.15, 0.2) is 54.6 Å². The van der Waals surface area contributed by atoms with Gasteiger partial charge in [0.05, 0.1) is 12.3 Å². The molecule has 0 radical (unpaired) electrons. The number of carbonyl (C=O) groups is 2. The Bertz CT molecular complexity index is 976. The van der Waals surface area contributed by atoms with Crippen LogP contribution in [0.4, 0.5) is 16.4 Å². The normalized spacial score (nSPS) is 10.4. The standard InChI is InChI=1S/C22H22N2O3S/c1-4-27-22(26)19-13-18(24-20(25)16-9-5-14(2)6-10-16)21(28-19)23-17-11-7-15(3)8-12-17/h5-13,23H,4H2,1-3H3,(H,24,25). The number of hydrogen-bond acceptors (Lipinski definition) is 5. The molecule has 1 aromatic heterocycles. The van der Waals surface area contributed by atoms with Gasteiger partial charge in [-0.05, 0) is 51.1 Å². The molecular weight excluding hydrogens is 372 g/mol. The number of ether oxygens (including phenoxy) is 1. The molecule has 3 aromatic rings. The Morgan fingerprint density at radius 1 is 0.964 bits per heavy atom. The van der Waals surface area contributed by atoms with E-state index < -0.39 is 5.97 Å². The number of thiophene rings is 1. The fourth-order valence-corrected chi connectivity index (χ4v) is 3.47. The van der Waals surface area contributed by atoms with Gasteiger partial charge in [0, 0.05) is 11.3 Å². The molecule has 2 aromatic carbocycles. The molecule has 3 rings (SSSR count). The fraction of sp³-hybridized carbons (Fsp3) is 0.182. The molecule has 0 aliphatic rings. The maximum absolute atomic E-state index is 12.6. The van der Waals surface area contributed by atoms with Gasteiger partial charge in [0.15, 0.2) is 0 Å². The van der Waals surface area contributed by atoms with Crippen LogP contribution in [0, 0.1) is 13.8 Å². The quantitative estimate of drug-likeness (QED) is 0.539. The van der Waals surface area contributed by atoms with Crippen LogP contribution in [0.2, 0.25) is 0 Å². The average Bonchev–Trinajstić information content (AvgIpc) is 3.07. The highest BCUT2D eigenvalue weighted by Gasteiger charge is 2.18. The highest BCUT2D eigenvalue weighted by molar-refractivity contribution is 7.18. The number of rotatable bonds is 6. The molecule has 0 unspecified atom stereocenters. The van der Waals surface area contributed by atoms with E-state index in [4.69, 9.17) is 4.74 Å². The minimum absolute atomic E-state index is 0.236. The summed E-state index contributed by atoms with van der Waals surface area (Å²) in [5, 5.41) is 6.85. The van der Waals surface area contributed by atoms with Gasteiger partial charge >= 0.3 is 5.97 Å². The SMILES string of the molecule is CCOC(=O)c1cc(NC(=O)c2ccc(C)cc2)c(Nc2ccc(C)cc2)s1. The van der Waals surface area contributed by atoms with Gasteiger partial charge in [0.25, 0.3) is 5.91 Å². The zero-order valence-corrected chi connectivity index (χ0v) is 16.9. The molecule has 0 aliphatic heterocycles. The van der Waals surface area contributed by atoms with Crippen molar-refractivity contribution in [3.05, 3.63) is 76.2 Å². The molecule has 0 spiro atoms. The summed E-state index contributed by atoms with van der Waals surface area (Å²) in [5.74, 6) is -0.643. The summed E-state index contributed by atoms with van der Waals surface area (Å²) in [6.45, 7) is 6.04. The number of benzene rings is 2. The van der Waals surface area contributed by atoms with Gasteiger partial charge in [-0.3, -0.25) is 4.79 Å². The Kier molecular flexibility index (Phi) is 6.11. The Labute approximate surface area is 168 Å². The van der Waals surface area contributed by atoms with E-state index in [0.29, 0.717) is 27.7 Å². The fourth-order valence-electron chi connectivity index (χ4n) is 2.55. The predicted molar refractivity (Wildman–Crippen MR) is 114 cm³/mol. The molecule has 0 atom stereocenters. The van der Waals surface area contributed by atoms with Crippen molar-refractivity contribution < 1.29 is 14.3 Å². The predicted octanol–water partition coefficient (Wildman–Crippen LogP) is 5.54. The van der Waals surface area contributed by atoms with Crippen LogP contribution in [-0.4, -0.2) is 18.5 Å². The lowest BCUT2D eigenvalue weighted by atomic mass is 10.1. The van der Waals surface area contributed by atoms with Crippen molar-refractivity contribution in [2.75, 3.05) is 17.2 Å². The lowest BCUT2D eigenvalue weighted by Gasteiger charge is -2.09. The van der Waals surface area contributed by atoms with E-state index in [1.54, 1.807) is 25.1 Å². The van der Waals surface area contributed by atoms with Crippen molar-refractivity contribution >= 4 is 39.6 Å². The van der Waals surface area contributed by atoms with E-state index in [1.165, 1.54) is 11.3 Å². The topological polar surface area (TPSA) is 67.4 Å². The monoisotopic (exact) mass is 394 g/mol. The number of anilines is 3. The molecule has 28 heavy (non-hydrogen) atoms. The lowest BCUT2D eigenvalue weighted by molar-refractivity contribution is 0.0532. The smallest absolute Gasteiger partial charge is 0.348 e. The van der Waals surface area contributed by atoms with Crippen LogP contribution in [0.3, 0.4) is 0 Å². The van der Waals surface area contributed by atoms with Crippen LogP contribution in [0.25, 0.3) is 0 Å². The van der Waals surface area contributed by atoms with Crippen molar-refractivity contribution in [3.8, 4) is 0 Å². The van der Waals surface area contributed by atoms with E-state index in [0.717, 1.165) is 16.8 Å². The number of aryl methyl sites for hydroxylation is 2. The molecule has 0 bridgehead atoms. The number of esters is 1.